The molecule has 1 aromatic rings. The van der Waals surface area contributed by atoms with E-state index in [0.717, 1.165) is 11.7 Å². The van der Waals surface area contributed by atoms with Crippen molar-refractivity contribution < 1.29 is 0 Å². The molecule has 4 N–H and O–H groups in total. The van der Waals surface area contributed by atoms with E-state index in [1.807, 2.05) is 0 Å². The molecular weight excluding hydrogens is 140 g/mol. The van der Waals surface area contributed by atoms with E-state index >= 15 is 0 Å². The first-order valence-corrected chi connectivity index (χ1v) is 2.88. The average molecular weight is 144 g/mol. The average Bonchev–Trinajstić information content (AvgIpc) is 2.13. The number of hydrogen-bond acceptors (Lipinski definition) is 4. The van der Waals surface area contributed by atoms with Crippen LogP contribution in [-0.2, 0) is 0 Å². The Balaban J connectivity index is 3.24. The molecule has 1 heterocycles. The molecule has 0 atom stereocenters. The van der Waals surface area contributed by atoms with Gasteiger partial charge in [0.2, 0.25) is 0 Å². The van der Waals surface area contributed by atoms with Gasteiger partial charge in [0, 0.05) is 11.7 Å². The molecule has 0 amide bonds. The number of nitrogens with one attached hydrogen (secondary N) is 2. The van der Waals surface area contributed by atoms with Gasteiger partial charge < -0.3 is 5.73 Å². The molecule has 1 aromatic heterocycles. The summed E-state index contributed by atoms with van der Waals surface area (Å²) in [6, 6.07) is 0. The fourth-order valence-corrected chi connectivity index (χ4v) is 0.869. The van der Waals surface area contributed by atoms with Gasteiger partial charge in [-0.2, -0.15) is 4.37 Å². The van der Waals surface area contributed by atoms with Crippen LogP contribution in [0.3, 0.4) is 0 Å². The Bertz CT molecular complexity index is 273. The molecule has 0 radical (unpaired) electrons. The molecule has 0 fully saturated rings. The molecule has 1 rings (SSSR count). The zero-order chi connectivity index (χ0) is 6.85. The molecule has 9 heavy (non-hydrogen) atoms. The number of aromatic nitrogens is 2. The minimum absolute atomic E-state index is 0.000000000000000222. The van der Waals surface area contributed by atoms with Crippen LogP contribution in [-0.4, -0.2) is 14.6 Å². The number of amidine groups is 1. The van der Waals surface area contributed by atoms with Crippen molar-refractivity contribution in [1.29, 1.82) is 5.41 Å². The normalized spacial score (nSPS) is 9.33. The van der Waals surface area contributed by atoms with Gasteiger partial charge in [0.15, 0.2) is 5.69 Å². The topological polar surface area (TPSA) is 95.6 Å². The molecule has 5 nitrogen and oxygen atoms in total. The summed E-state index contributed by atoms with van der Waals surface area (Å²) in [5.41, 5.74) is 4.57. The number of nitrogen functional groups attached to an aromatic ring is 1. The Morgan fingerprint density at radius 2 is 2.56 bits per heavy atom. The minimum Gasteiger partial charge on any atom is -0.382 e. The number of nitrogens with zero attached hydrogens (tertiary/aromatic N) is 1. The van der Waals surface area contributed by atoms with E-state index in [-0.39, 0.29) is 11.5 Å². The van der Waals surface area contributed by atoms with Crippen LogP contribution in [0.15, 0.2) is 4.79 Å². The van der Waals surface area contributed by atoms with Crippen LogP contribution in [0.25, 0.3) is 0 Å². The first-order valence-electron chi connectivity index (χ1n) is 2.10. The third kappa shape index (κ3) is 0.968. The van der Waals surface area contributed by atoms with Crippen molar-refractivity contribution in [2.45, 2.75) is 0 Å². The molecule has 0 unspecified atom stereocenters. The molecule has 0 saturated heterocycles. The predicted octanol–water partition coefficient (Wildman–Crippen LogP) is -0.885. The largest absolute Gasteiger partial charge is 0.382 e. The van der Waals surface area contributed by atoms with E-state index in [9.17, 15) is 4.79 Å². The first kappa shape index (κ1) is 5.96. The summed E-state index contributed by atoms with van der Waals surface area (Å²) >= 11 is 0.886. The predicted molar refractivity (Wildman–Crippen MR) is 33.8 cm³/mol. The Labute approximate surface area is 54.3 Å². The lowest BCUT2D eigenvalue weighted by Gasteiger charge is -1.81. The molecule has 6 heteroatoms. The Morgan fingerprint density at radius 3 is 2.78 bits per heavy atom. The molecule has 0 aliphatic rings. The maximum absolute atomic E-state index is 10.5. The van der Waals surface area contributed by atoms with Crippen LogP contribution < -0.4 is 11.3 Å². The second kappa shape index (κ2) is 1.98. The van der Waals surface area contributed by atoms with Crippen molar-refractivity contribution in [1.82, 2.24) is 8.75 Å². The number of hydrogen-bond donors (Lipinski definition) is 3. The van der Waals surface area contributed by atoms with Gasteiger partial charge in [0.05, 0.1) is 0 Å². The van der Waals surface area contributed by atoms with Crippen LogP contribution in [0.4, 0.5) is 0 Å². The third-order valence-electron chi connectivity index (χ3n) is 0.745. The molecule has 48 valence electrons. The maximum Gasteiger partial charge on any atom is 0.289 e. The quantitative estimate of drug-likeness (QED) is 0.352. The highest BCUT2D eigenvalue weighted by atomic mass is 32.1. The fraction of sp³-hybridized carbons (Fsp3) is 0. The van der Waals surface area contributed by atoms with E-state index in [1.54, 1.807) is 0 Å². The van der Waals surface area contributed by atoms with Crippen LogP contribution in [0, 0.1) is 5.41 Å². The van der Waals surface area contributed by atoms with Gasteiger partial charge in [-0.1, -0.05) is 0 Å². The van der Waals surface area contributed by atoms with Crippen LogP contribution in [0.2, 0.25) is 0 Å². The highest BCUT2D eigenvalue weighted by Crippen LogP contribution is 1.83. The van der Waals surface area contributed by atoms with Gasteiger partial charge in [-0.25, -0.2) is 0 Å². The number of aromatic amines is 1. The van der Waals surface area contributed by atoms with Gasteiger partial charge in [-0.05, 0) is 0 Å². The summed E-state index contributed by atoms with van der Waals surface area (Å²) < 4.78 is 5.84. The van der Waals surface area contributed by atoms with Crippen molar-refractivity contribution in [3.05, 3.63) is 16.0 Å². The molecule has 0 bridgehead atoms. The van der Waals surface area contributed by atoms with Crippen LogP contribution >= 0.6 is 11.7 Å². The maximum atomic E-state index is 10.5. The van der Waals surface area contributed by atoms with E-state index < -0.39 is 5.56 Å². The minimum atomic E-state index is -0.396. The second-order valence-corrected chi connectivity index (χ2v) is 1.95. The zero-order valence-electron chi connectivity index (χ0n) is 4.34. The molecule has 0 aliphatic carbocycles. The monoisotopic (exact) mass is 144 g/mol. The lowest BCUT2D eigenvalue weighted by molar-refractivity contribution is 1.31. The van der Waals surface area contributed by atoms with E-state index in [1.165, 1.54) is 0 Å². The van der Waals surface area contributed by atoms with Gasteiger partial charge in [0.25, 0.3) is 5.56 Å². The molecular formula is C3H4N4OS. The number of H-pyrrole nitrogens is 1. The van der Waals surface area contributed by atoms with Gasteiger partial charge >= 0.3 is 0 Å². The Morgan fingerprint density at radius 1 is 1.89 bits per heavy atom. The summed E-state index contributed by atoms with van der Waals surface area (Å²) in [6.45, 7) is 0. The number of nitrogens with two attached hydrogens (primary N) is 1. The summed E-state index contributed by atoms with van der Waals surface area (Å²) in [5.74, 6) is -0.294. The van der Waals surface area contributed by atoms with Crippen molar-refractivity contribution in [3.8, 4) is 0 Å². The molecule has 0 aliphatic heterocycles. The van der Waals surface area contributed by atoms with Crippen molar-refractivity contribution in [2.75, 3.05) is 0 Å². The highest BCUT2D eigenvalue weighted by molar-refractivity contribution is 6.99. The van der Waals surface area contributed by atoms with Crippen molar-refractivity contribution >= 4 is 17.6 Å². The second-order valence-electron chi connectivity index (χ2n) is 1.38. The highest BCUT2D eigenvalue weighted by Gasteiger charge is 2.03. The SMILES string of the molecule is N=C(N)c1ns[nH]c1=O. The Hall–Kier alpha value is -1.17. The number of rotatable bonds is 1. The van der Waals surface area contributed by atoms with Gasteiger partial charge in [-0.3, -0.25) is 14.6 Å². The van der Waals surface area contributed by atoms with Gasteiger partial charge in [-0.15, -0.1) is 0 Å². The van der Waals surface area contributed by atoms with E-state index in [2.05, 4.69) is 8.75 Å². The molecule has 0 aromatic carbocycles. The summed E-state index contributed by atoms with van der Waals surface area (Å²) in [4.78, 5) is 10.5. The lowest BCUT2D eigenvalue weighted by Crippen LogP contribution is -2.20. The lowest BCUT2D eigenvalue weighted by atomic mass is 10.4. The zero-order valence-corrected chi connectivity index (χ0v) is 5.16. The van der Waals surface area contributed by atoms with Crippen molar-refractivity contribution in [2.24, 2.45) is 5.73 Å². The summed E-state index contributed by atoms with van der Waals surface area (Å²) in [6.07, 6.45) is 0. The summed E-state index contributed by atoms with van der Waals surface area (Å²) in [5, 5.41) is 6.79. The van der Waals surface area contributed by atoms with Crippen LogP contribution in [0.5, 0.6) is 0 Å². The molecule has 0 saturated carbocycles. The fourth-order valence-electron chi connectivity index (χ4n) is 0.371. The van der Waals surface area contributed by atoms with Gasteiger partial charge in [0.1, 0.15) is 5.84 Å². The third-order valence-corrected chi connectivity index (χ3v) is 1.30. The van der Waals surface area contributed by atoms with Crippen LogP contribution in [0.1, 0.15) is 5.69 Å². The van der Waals surface area contributed by atoms with Crippen molar-refractivity contribution in [3.63, 3.8) is 0 Å². The Kier molecular flexibility index (Phi) is 1.31. The van der Waals surface area contributed by atoms with E-state index in [0.29, 0.717) is 0 Å². The summed E-state index contributed by atoms with van der Waals surface area (Å²) in [7, 11) is 0. The standard InChI is InChI=1S/C3H4N4OS/c4-2(5)1-3(8)7-9-6-1/h(H3,4,5)(H,7,8). The molecule has 0 spiro atoms. The van der Waals surface area contributed by atoms with E-state index in [4.69, 9.17) is 11.1 Å². The first-order chi connectivity index (χ1) is 4.22. The smallest absolute Gasteiger partial charge is 0.289 e.